The van der Waals surface area contributed by atoms with Crippen LogP contribution in [0, 0.1) is 5.92 Å². The van der Waals surface area contributed by atoms with Crippen LogP contribution in [0.15, 0.2) is 35.3 Å². The fourth-order valence-electron chi connectivity index (χ4n) is 2.07. The summed E-state index contributed by atoms with van der Waals surface area (Å²) in [5.41, 5.74) is 1.89. The summed E-state index contributed by atoms with van der Waals surface area (Å²) in [5, 5.41) is 3.12. The molecule has 0 aliphatic carbocycles. The molecule has 17 heavy (non-hydrogen) atoms. The predicted octanol–water partition coefficient (Wildman–Crippen LogP) is 3.03. The van der Waals surface area contributed by atoms with E-state index in [0.717, 1.165) is 22.4 Å². The van der Waals surface area contributed by atoms with Crippen molar-refractivity contribution in [2.24, 2.45) is 5.92 Å². The molecular formula is C13H15BrN2O. The first-order chi connectivity index (χ1) is 8.15. The average molecular weight is 295 g/mol. The second-order valence-corrected chi connectivity index (χ2v) is 5.03. The number of hydrogen-bond acceptors (Lipinski definition) is 2. The van der Waals surface area contributed by atoms with Crippen LogP contribution in [0.5, 0.6) is 0 Å². The number of hydrogen-bond donors (Lipinski definition) is 1. The van der Waals surface area contributed by atoms with E-state index in [1.807, 2.05) is 36.2 Å². The summed E-state index contributed by atoms with van der Waals surface area (Å²) >= 11 is 3.43. The van der Waals surface area contributed by atoms with Crippen LogP contribution < -0.4 is 10.2 Å². The number of nitrogens with one attached hydrogen (secondary N) is 1. The number of nitrogens with zero attached hydrogens (tertiary/aromatic N) is 1. The molecule has 0 bridgehead atoms. The first-order valence-corrected chi connectivity index (χ1v) is 6.35. The first-order valence-electron chi connectivity index (χ1n) is 5.56. The van der Waals surface area contributed by atoms with Gasteiger partial charge in [-0.05, 0) is 18.2 Å². The lowest BCUT2D eigenvalue weighted by molar-refractivity contribution is -0.117. The number of benzene rings is 1. The lowest BCUT2D eigenvalue weighted by Gasteiger charge is -2.20. The third kappa shape index (κ3) is 2.36. The van der Waals surface area contributed by atoms with Crippen molar-refractivity contribution in [3.63, 3.8) is 0 Å². The highest BCUT2D eigenvalue weighted by Crippen LogP contribution is 2.33. The van der Waals surface area contributed by atoms with Gasteiger partial charge in [-0.25, -0.2) is 0 Å². The fourth-order valence-corrected chi connectivity index (χ4v) is 2.43. The number of rotatable bonds is 3. The molecule has 90 valence electrons. The molecule has 1 atom stereocenters. The number of amides is 1. The smallest absolute Gasteiger partial charge is 0.227 e. The van der Waals surface area contributed by atoms with E-state index in [9.17, 15) is 4.79 Å². The maximum absolute atomic E-state index is 11.9. The van der Waals surface area contributed by atoms with Gasteiger partial charge in [0, 0.05) is 30.4 Å². The summed E-state index contributed by atoms with van der Waals surface area (Å²) in [4.78, 5) is 13.8. The van der Waals surface area contributed by atoms with Gasteiger partial charge in [0.15, 0.2) is 0 Å². The predicted molar refractivity (Wildman–Crippen MR) is 74.3 cm³/mol. The number of halogens is 1. The second kappa shape index (κ2) is 4.92. The van der Waals surface area contributed by atoms with E-state index >= 15 is 0 Å². The highest BCUT2D eigenvalue weighted by atomic mass is 79.9. The molecule has 1 aromatic carbocycles. The summed E-state index contributed by atoms with van der Waals surface area (Å²) in [7, 11) is 1.86. The molecule has 1 aliphatic heterocycles. The Balaban J connectivity index is 2.34. The Morgan fingerprint density at radius 1 is 1.59 bits per heavy atom. The maximum Gasteiger partial charge on any atom is 0.227 e. The Morgan fingerprint density at radius 2 is 2.35 bits per heavy atom. The molecule has 1 fully saturated rings. The molecule has 0 radical (unpaired) electrons. The molecule has 3 nitrogen and oxygen atoms in total. The summed E-state index contributed by atoms with van der Waals surface area (Å²) in [5.74, 6) is 0.421. The van der Waals surface area contributed by atoms with Crippen LogP contribution in [0.25, 0.3) is 0 Å². The van der Waals surface area contributed by atoms with Gasteiger partial charge in [-0.15, -0.1) is 6.58 Å². The number of anilines is 2. The summed E-state index contributed by atoms with van der Waals surface area (Å²) in [6, 6.07) is 5.88. The first kappa shape index (κ1) is 12.2. The summed E-state index contributed by atoms with van der Waals surface area (Å²) < 4.78 is 0.998. The SMILES string of the molecule is C=CC1CC(=O)N(c2ccc(Br)cc2NC)C1. The third-order valence-corrected chi connectivity index (χ3v) is 3.50. The highest BCUT2D eigenvalue weighted by Gasteiger charge is 2.29. The molecule has 2 rings (SSSR count). The van der Waals surface area contributed by atoms with Crippen molar-refractivity contribution < 1.29 is 4.79 Å². The Kier molecular flexibility index (Phi) is 3.52. The van der Waals surface area contributed by atoms with E-state index in [1.165, 1.54) is 0 Å². The van der Waals surface area contributed by atoms with Crippen LogP contribution in [0.1, 0.15) is 6.42 Å². The molecule has 1 unspecified atom stereocenters. The van der Waals surface area contributed by atoms with Crippen molar-refractivity contribution in [1.29, 1.82) is 0 Å². The molecule has 0 saturated carbocycles. The van der Waals surface area contributed by atoms with Gasteiger partial charge in [0.2, 0.25) is 5.91 Å². The summed E-state index contributed by atoms with van der Waals surface area (Å²) in [6.07, 6.45) is 2.42. The normalized spacial score (nSPS) is 19.5. The molecule has 1 amide bonds. The van der Waals surface area contributed by atoms with Gasteiger partial charge in [-0.1, -0.05) is 22.0 Å². The largest absolute Gasteiger partial charge is 0.386 e. The van der Waals surface area contributed by atoms with Crippen LogP contribution in [0.4, 0.5) is 11.4 Å². The Bertz CT molecular complexity index is 459. The van der Waals surface area contributed by atoms with Crippen LogP contribution >= 0.6 is 15.9 Å². The Hall–Kier alpha value is -1.29. The standard InChI is InChI=1S/C13H15BrN2O/c1-3-9-6-13(17)16(8-9)12-5-4-10(14)7-11(12)15-2/h3-5,7,9,15H,1,6,8H2,2H3. The van der Waals surface area contributed by atoms with Crippen molar-refractivity contribution in [1.82, 2.24) is 0 Å². The lowest BCUT2D eigenvalue weighted by atomic mass is 10.1. The van der Waals surface area contributed by atoms with E-state index in [-0.39, 0.29) is 11.8 Å². The molecule has 1 saturated heterocycles. The zero-order valence-corrected chi connectivity index (χ0v) is 11.3. The minimum Gasteiger partial charge on any atom is -0.386 e. The molecule has 0 aromatic heterocycles. The number of carbonyl (C=O) groups excluding carboxylic acids is 1. The van der Waals surface area contributed by atoms with Gasteiger partial charge in [-0.3, -0.25) is 4.79 Å². The molecule has 1 aliphatic rings. The molecule has 1 heterocycles. The molecule has 1 aromatic rings. The monoisotopic (exact) mass is 294 g/mol. The lowest BCUT2D eigenvalue weighted by Crippen LogP contribution is -2.25. The molecule has 0 spiro atoms. The van der Waals surface area contributed by atoms with Gasteiger partial charge in [0.1, 0.15) is 0 Å². The van der Waals surface area contributed by atoms with Crippen LogP contribution in [-0.4, -0.2) is 19.5 Å². The second-order valence-electron chi connectivity index (χ2n) is 4.12. The van der Waals surface area contributed by atoms with E-state index in [2.05, 4.69) is 27.8 Å². The minimum atomic E-state index is 0.161. The zero-order chi connectivity index (χ0) is 12.4. The summed E-state index contributed by atoms with van der Waals surface area (Å²) in [6.45, 7) is 4.48. The molecule has 4 heteroatoms. The highest BCUT2D eigenvalue weighted by molar-refractivity contribution is 9.10. The van der Waals surface area contributed by atoms with E-state index in [4.69, 9.17) is 0 Å². The van der Waals surface area contributed by atoms with Gasteiger partial charge >= 0.3 is 0 Å². The molecule has 1 N–H and O–H groups in total. The van der Waals surface area contributed by atoms with Crippen LogP contribution in [-0.2, 0) is 4.79 Å². The van der Waals surface area contributed by atoms with E-state index in [1.54, 1.807) is 0 Å². The van der Waals surface area contributed by atoms with Crippen molar-refractivity contribution in [3.8, 4) is 0 Å². The zero-order valence-electron chi connectivity index (χ0n) is 9.74. The third-order valence-electron chi connectivity index (χ3n) is 3.01. The van der Waals surface area contributed by atoms with Gasteiger partial charge in [0.05, 0.1) is 11.4 Å². The quantitative estimate of drug-likeness (QED) is 0.869. The maximum atomic E-state index is 11.9. The van der Waals surface area contributed by atoms with Crippen molar-refractivity contribution in [2.45, 2.75) is 6.42 Å². The van der Waals surface area contributed by atoms with Crippen molar-refractivity contribution in [3.05, 3.63) is 35.3 Å². The van der Waals surface area contributed by atoms with Crippen molar-refractivity contribution in [2.75, 3.05) is 23.8 Å². The van der Waals surface area contributed by atoms with Crippen LogP contribution in [0.3, 0.4) is 0 Å². The van der Waals surface area contributed by atoms with Gasteiger partial charge in [0.25, 0.3) is 0 Å². The van der Waals surface area contributed by atoms with Crippen LogP contribution in [0.2, 0.25) is 0 Å². The Morgan fingerprint density at radius 3 is 2.94 bits per heavy atom. The molecular weight excluding hydrogens is 280 g/mol. The minimum absolute atomic E-state index is 0.161. The number of carbonyl (C=O) groups is 1. The van der Waals surface area contributed by atoms with E-state index in [0.29, 0.717) is 6.42 Å². The Labute approximate surface area is 110 Å². The van der Waals surface area contributed by atoms with Gasteiger partial charge in [-0.2, -0.15) is 0 Å². The van der Waals surface area contributed by atoms with Crippen molar-refractivity contribution >= 4 is 33.2 Å². The average Bonchev–Trinajstić information content (AvgIpc) is 2.70. The fraction of sp³-hybridized carbons (Fsp3) is 0.308. The topological polar surface area (TPSA) is 32.3 Å². The van der Waals surface area contributed by atoms with Gasteiger partial charge < -0.3 is 10.2 Å². The van der Waals surface area contributed by atoms with E-state index < -0.39 is 0 Å².